The van der Waals surface area contributed by atoms with Crippen molar-refractivity contribution in [1.29, 1.82) is 0 Å². The standard InChI is InChI=1S/C13H8FN3O2/c14-10-1-3-12-9(7-10)5-6-16(12)13-4-2-11(8-15-13)17(18)19/h1-8H. The predicted molar refractivity (Wildman–Crippen MR) is 67.7 cm³/mol. The molecule has 0 saturated heterocycles. The zero-order valence-electron chi connectivity index (χ0n) is 9.65. The van der Waals surface area contributed by atoms with E-state index in [4.69, 9.17) is 0 Å². The van der Waals surface area contributed by atoms with Crippen LogP contribution < -0.4 is 0 Å². The third kappa shape index (κ3) is 1.93. The summed E-state index contributed by atoms with van der Waals surface area (Å²) < 4.78 is 14.8. The van der Waals surface area contributed by atoms with Gasteiger partial charge in [0.25, 0.3) is 5.69 Å². The number of nitro groups is 1. The van der Waals surface area contributed by atoms with E-state index in [2.05, 4.69) is 4.98 Å². The van der Waals surface area contributed by atoms with E-state index in [0.717, 1.165) is 10.9 Å². The van der Waals surface area contributed by atoms with E-state index in [0.29, 0.717) is 5.82 Å². The van der Waals surface area contributed by atoms with E-state index in [9.17, 15) is 14.5 Å². The molecule has 0 aliphatic heterocycles. The Hall–Kier alpha value is -2.76. The molecule has 6 heteroatoms. The third-order valence-corrected chi connectivity index (χ3v) is 2.84. The van der Waals surface area contributed by atoms with E-state index in [-0.39, 0.29) is 11.5 Å². The summed E-state index contributed by atoms with van der Waals surface area (Å²) in [6.07, 6.45) is 2.95. The fourth-order valence-corrected chi connectivity index (χ4v) is 1.94. The molecule has 0 amide bonds. The van der Waals surface area contributed by atoms with Gasteiger partial charge in [0.2, 0.25) is 0 Å². The van der Waals surface area contributed by atoms with Crippen LogP contribution in [0.5, 0.6) is 0 Å². The normalized spacial score (nSPS) is 10.8. The molecule has 2 heterocycles. The second kappa shape index (κ2) is 4.16. The second-order valence-corrected chi connectivity index (χ2v) is 4.02. The summed E-state index contributed by atoms with van der Waals surface area (Å²) in [7, 11) is 0. The Kier molecular flexibility index (Phi) is 2.49. The number of halogens is 1. The molecule has 0 bridgehead atoms. The molecule has 94 valence electrons. The van der Waals surface area contributed by atoms with Crippen LogP contribution in [0.4, 0.5) is 10.1 Å². The van der Waals surface area contributed by atoms with Gasteiger partial charge in [-0.1, -0.05) is 0 Å². The zero-order chi connectivity index (χ0) is 13.4. The molecule has 0 radical (unpaired) electrons. The van der Waals surface area contributed by atoms with Crippen LogP contribution in [-0.4, -0.2) is 14.5 Å². The fraction of sp³-hybridized carbons (Fsp3) is 0. The highest BCUT2D eigenvalue weighted by molar-refractivity contribution is 5.81. The first-order chi connectivity index (χ1) is 9.15. The maximum absolute atomic E-state index is 13.1. The van der Waals surface area contributed by atoms with Crippen molar-refractivity contribution in [2.24, 2.45) is 0 Å². The molecular formula is C13H8FN3O2. The van der Waals surface area contributed by atoms with Gasteiger partial charge in [0.05, 0.1) is 10.4 Å². The Morgan fingerprint density at radius 1 is 1.21 bits per heavy atom. The van der Waals surface area contributed by atoms with Crippen LogP contribution in [0.25, 0.3) is 16.7 Å². The summed E-state index contributed by atoms with van der Waals surface area (Å²) in [6.45, 7) is 0. The van der Waals surface area contributed by atoms with Gasteiger partial charge in [-0.25, -0.2) is 9.37 Å². The fourth-order valence-electron chi connectivity index (χ4n) is 1.94. The number of nitrogens with zero attached hydrogens (tertiary/aromatic N) is 3. The molecule has 0 fully saturated rings. The molecule has 3 rings (SSSR count). The molecule has 2 aromatic heterocycles. The minimum Gasteiger partial charge on any atom is -0.301 e. The van der Waals surface area contributed by atoms with Crippen LogP contribution in [0.1, 0.15) is 0 Å². The first-order valence-corrected chi connectivity index (χ1v) is 5.52. The SMILES string of the molecule is O=[N+]([O-])c1ccc(-n2ccc3cc(F)ccc32)nc1. The second-order valence-electron chi connectivity index (χ2n) is 4.02. The van der Waals surface area contributed by atoms with Crippen molar-refractivity contribution in [3.8, 4) is 5.82 Å². The summed E-state index contributed by atoms with van der Waals surface area (Å²) in [6, 6.07) is 9.15. The van der Waals surface area contributed by atoms with Crippen LogP contribution in [0.2, 0.25) is 0 Å². The average molecular weight is 257 g/mol. The summed E-state index contributed by atoms with van der Waals surface area (Å²) in [5, 5.41) is 11.3. The number of benzene rings is 1. The minimum absolute atomic E-state index is 0.0637. The molecule has 0 aliphatic carbocycles. The average Bonchev–Trinajstić information content (AvgIpc) is 2.81. The van der Waals surface area contributed by atoms with Gasteiger partial charge in [-0.05, 0) is 30.3 Å². The molecular weight excluding hydrogens is 249 g/mol. The number of aromatic nitrogens is 2. The van der Waals surface area contributed by atoms with Crippen molar-refractivity contribution >= 4 is 16.6 Å². The van der Waals surface area contributed by atoms with Gasteiger partial charge in [-0.15, -0.1) is 0 Å². The maximum atomic E-state index is 13.1. The van der Waals surface area contributed by atoms with Gasteiger partial charge in [0, 0.05) is 17.6 Å². The molecule has 0 aliphatic rings. The van der Waals surface area contributed by atoms with E-state index < -0.39 is 4.92 Å². The molecule has 19 heavy (non-hydrogen) atoms. The topological polar surface area (TPSA) is 61.0 Å². The first-order valence-electron chi connectivity index (χ1n) is 5.52. The number of fused-ring (bicyclic) bond motifs is 1. The summed E-state index contributed by atoms with van der Waals surface area (Å²) in [4.78, 5) is 14.1. The van der Waals surface area contributed by atoms with Crippen LogP contribution in [0.15, 0.2) is 48.8 Å². The smallest absolute Gasteiger partial charge is 0.287 e. The van der Waals surface area contributed by atoms with Gasteiger partial charge >= 0.3 is 0 Å². The van der Waals surface area contributed by atoms with Crippen LogP contribution >= 0.6 is 0 Å². The Morgan fingerprint density at radius 3 is 2.74 bits per heavy atom. The van der Waals surface area contributed by atoms with Gasteiger partial charge in [-0.3, -0.25) is 10.1 Å². The predicted octanol–water partition coefficient (Wildman–Crippen LogP) is 3.07. The summed E-state index contributed by atoms with van der Waals surface area (Å²) >= 11 is 0. The minimum atomic E-state index is -0.500. The number of pyridine rings is 1. The summed E-state index contributed by atoms with van der Waals surface area (Å²) in [5.74, 6) is 0.245. The molecule has 0 saturated carbocycles. The van der Waals surface area contributed by atoms with Crippen molar-refractivity contribution < 1.29 is 9.31 Å². The van der Waals surface area contributed by atoms with Crippen molar-refractivity contribution in [3.63, 3.8) is 0 Å². The highest BCUT2D eigenvalue weighted by Crippen LogP contribution is 2.21. The zero-order valence-corrected chi connectivity index (χ0v) is 9.65. The molecule has 5 nitrogen and oxygen atoms in total. The molecule has 0 atom stereocenters. The Bertz CT molecular complexity index is 765. The van der Waals surface area contributed by atoms with Crippen molar-refractivity contribution in [3.05, 3.63) is 64.7 Å². The monoisotopic (exact) mass is 257 g/mol. The number of rotatable bonds is 2. The highest BCUT2D eigenvalue weighted by Gasteiger charge is 2.08. The van der Waals surface area contributed by atoms with E-state index in [1.807, 2.05) is 0 Å². The van der Waals surface area contributed by atoms with Gasteiger partial charge < -0.3 is 4.57 Å². The lowest BCUT2D eigenvalue weighted by atomic mass is 10.2. The first kappa shape index (κ1) is 11.3. The highest BCUT2D eigenvalue weighted by atomic mass is 19.1. The molecule has 3 aromatic rings. The van der Waals surface area contributed by atoms with E-state index in [1.54, 1.807) is 29.0 Å². The Labute approximate surface area is 107 Å². The molecule has 0 unspecified atom stereocenters. The van der Waals surface area contributed by atoms with Crippen molar-refractivity contribution in [2.75, 3.05) is 0 Å². The molecule has 1 aromatic carbocycles. The van der Waals surface area contributed by atoms with E-state index >= 15 is 0 Å². The van der Waals surface area contributed by atoms with E-state index in [1.165, 1.54) is 24.4 Å². The maximum Gasteiger partial charge on any atom is 0.287 e. The largest absolute Gasteiger partial charge is 0.301 e. The summed E-state index contributed by atoms with van der Waals surface area (Å²) in [5.41, 5.74) is 0.731. The van der Waals surface area contributed by atoms with Crippen LogP contribution in [0, 0.1) is 15.9 Å². The van der Waals surface area contributed by atoms with Gasteiger partial charge in [-0.2, -0.15) is 0 Å². The molecule has 0 N–H and O–H groups in total. The van der Waals surface area contributed by atoms with Crippen LogP contribution in [0.3, 0.4) is 0 Å². The third-order valence-electron chi connectivity index (χ3n) is 2.84. The number of hydrogen-bond acceptors (Lipinski definition) is 3. The quantitative estimate of drug-likeness (QED) is 0.523. The number of hydrogen-bond donors (Lipinski definition) is 0. The van der Waals surface area contributed by atoms with Crippen molar-refractivity contribution in [2.45, 2.75) is 0 Å². The Morgan fingerprint density at radius 2 is 2.05 bits per heavy atom. The van der Waals surface area contributed by atoms with Crippen LogP contribution in [-0.2, 0) is 0 Å². The van der Waals surface area contributed by atoms with Gasteiger partial charge in [0.1, 0.15) is 17.8 Å². The lowest BCUT2D eigenvalue weighted by Crippen LogP contribution is -1.96. The van der Waals surface area contributed by atoms with Crippen molar-refractivity contribution in [1.82, 2.24) is 9.55 Å². The Balaban J connectivity index is 2.11. The molecule has 0 spiro atoms. The van der Waals surface area contributed by atoms with Gasteiger partial charge in [0.15, 0.2) is 0 Å². The lowest BCUT2D eigenvalue weighted by Gasteiger charge is -2.03. The lowest BCUT2D eigenvalue weighted by molar-refractivity contribution is -0.385.